The first-order valence-electron chi connectivity index (χ1n) is 9.98. The number of benzene rings is 3. The first-order chi connectivity index (χ1) is 16.0. The molecule has 0 aliphatic rings. The van der Waals surface area contributed by atoms with Crippen LogP contribution < -0.4 is 23.7 Å². The Morgan fingerprint density at radius 2 is 1.36 bits per heavy atom. The van der Waals surface area contributed by atoms with Gasteiger partial charge in [-0.25, -0.2) is 4.79 Å². The highest BCUT2D eigenvalue weighted by atomic mass is 16.5. The maximum atomic E-state index is 12.8. The van der Waals surface area contributed by atoms with Gasteiger partial charge in [-0.2, -0.15) is 0 Å². The SMILES string of the molecule is COc1ccc(/C=C/C(=O)c2ccccc2OC(=O)c2cc(OC)c(OC)c(OC)c2)cc1. The number of rotatable bonds is 9. The van der Waals surface area contributed by atoms with Crippen molar-refractivity contribution in [3.8, 4) is 28.7 Å². The maximum Gasteiger partial charge on any atom is 0.343 e. The molecule has 0 amide bonds. The van der Waals surface area contributed by atoms with Gasteiger partial charge in [-0.1, -0.05) is 30.3 Å². The molecule has 7 nitrogen and oxygen atoms in total. The molecule has 0 N–H and O–H groups in total. The zero-order valence-corrected chi connectivity index (χ0v) is 18.8. The number of esters is 1. The third kappa shape index (κ3) is 5.51. The Bertz CT molecular complexity index is 1140. The van der Waals surface area contributed by atoms with E-state index in [2.05, 4.69) is 0 Å². The lowest BCUT2D eigenvalue weighted by atomic mass is 10.1. The highest BCUT2D eigenvalue weighted by Crippen LogP contribution is 2.38. The van der Waals surface area contributed by atoms with Crippen LogP contribution in [0.25, 0.3) is 6.08 Å². The van der Waals surface area contributed by atoms with Crippen LogP contribution >= 0.6 is 0 Å². The lowest BCUT2D eigenvalue weighted by Crippen LogP contribution is -2.12. The lowest BCUT2D eigenvalue weighted by molar-refractivity contribution is 0.0732. The van der Waals surface area contributed by atoms with Gasteiger partial charge in [0.1, 0.15) is 11.5 Å². The zero-order valence-electron chi connectivity index (χ0n) is 18.8. The minimum Gasteiger partial charge on any atom is -0.497 e. The van der Waals surface area contributed by atoms with Gasteiger partial charge in [-0.3, -0.25) is 4.79 Å². The van der Waals surface area contributed by atoms with Gasteiger partial charge in [0.15, 0.2) is 17.3 Å². The van der Waals surface area contributed by atoms with Gasteiger partial charge in [0.25, 0.3) is 0 Å². The first-order valence-corrected chi connectivity index (χ1v) is 9.98. The van der Waals surface area contributed by atoms with E-state index in [-0.39, 0.29) is 22.7 Å². The second-order valence-electron chi connectivity index (χ2n) is 6.77. The van der Waals surface area contributed by atoms with E-state index < -0.39 is 5.97 Å². The lowest BCUT2D eigenvalue weighted by Gasteiger charge is -2.14. The molecular weight excluding hydrogens is 424 g/mol. The Morgan fingerprint density at radius 1 is 0.727 bits per heavy atom. The third-order valence-corrected chi connectivity index (χ3v) is 4.80. The molecule has 0 spiro atoms. The summed E-state index contributed by atoms with van der Waals surface area (Å²) in [5, 5.41) is 0. The van der Waals surface area contributed by atoms with Crippen molar-refractivity contribution in [3.63, 3.8) is 0 Å². The molecule has 3 aromatic carbocycles. The minimum absolute atomic E-state index is 0.139. The molecule has 7 heteroatoms. The molecule has 0 unspecified atom stereocenters. The van der Waals surface area contributed by atoms with E-state index in [0.29, 0.717) is 17.2 Å². The normalized spacial score (nSPS) is 10.5. The molecule has 0 heterocycles. The van der Waals surface area contributed by atoms with Gasteiger partial charge in [0.05, 0.1) is 39.6 Å². The number of methoxy groups -OCH3 is 4. The molecule has 0 saturated carbocycles. The maximum absolute atomic E-state index is 12.8. The van der Waals surface area contributed by atoms with Gasteiger partial charge in [-0.15, -0.1) is 0 Å². The van der Waals surface area contributed by atoms with E-state index in [4.69, 9.17) is 23.7 Å². The predicted molar refractivity (Wildman–Crippen MR) is 124 cm³/mol. The van der Waals surface area contributed by atoms with Crippen LogP contribution in [-0.4, -0.2) is 40.2 Å². The Kier molecular flexibility index (Phi) is 7.70. The number of carbonyl (C=O) groups excluding carboxylic acids is 2. The molecule has 33 heavy (non-hydrogen) atoms. The quantitative estimate of drug-likeness (QED) is 0.201. The number of carbonyl (C=O) groups is 2. The second-order valence-corrected chi connectivity index (χ2v) is 6.77. The van der Waals surface area contributed by atoms with Crippen LogP contribution in [-0.2, 0) is 0 Å². The van der Waals surface area contributed by atoms with Crippen LogP contribution in [0.15, 0.2) is 66.7 Å². The van der Waals surface area contributed by atoms with Crippen molar-refractivity contribution in [1.82, 2.24) is 0 Å². The van der Waals surface area contributed by atoms with Gasteiger partial charge >= 0.3 is 5.97 Å². The molecule has 3 rings (SSSR count). The molecule has 0 bridgehead atoms. The molecule has 0 fully saturated rings. The number of hydrogen-bond acceptors (Lipinski definition) is 7. The van der Waals surface area contributed by atoms with Gasteiger partial charge in [0, 0.05) is 0 Å². The predicted octanol–water partition coefficient (Wildman–Crippen LogP) is 4.84. The largest absolute Gasteiger partial charge is 0.497 e. The van der Waals surface area contributed by atoms with Gasteiger partial charge in [-0.05, 0) is 48.0 Å². The van der Waals surface area contributed by atoms with Crippen LogP contribution in [0.2, 0.25) is 0 Å². The van der Waals surface area contributed by atoms with Crippen molar-refractivity contribution in [2.75, 3.05) is 28.4 Å². The van der Waals surface area contributed by atoms with Crippen molar-refractivity contribution in [1.29, 1.82) is 0 Å². The van der Waals surface area contributed by atoms with E-state index in [9.17, 15) is 9.59 Å². The van der Waals surface area contributed by atoms with Crippen molar-refractivity contribution in [2.24, 2.45) is 0 Å². The minimum atomic E-state index is -0.673. The summed E-state index contributed by atoms with van der Waals surface area (Å²) < 4.78 is 26.5. The molecule has 0 radical (unpaired) electrons. The fourth-order valence-electron chi connectivity index (χ4n) is 3.09. The fourth-order valence-corrected chi connectivity index (χ4v) is 3.09. The van der Waals surface area contributed by atoms with E-state index in [1.807, 2.05) is 12.1 Å². The number of hydrogen-bond donors (Lipinski definition) is 0. The molecular formula is C26H24O7. The van der Waals surface area contributed by atoms with Crippen LogP contribution in [0.5, 0.6) is 28.7 Å². The summed E-state index contributed by atoms with van der Waals surface area (Å²) in [4.78, 5) is 25.7. The second kappa shape index (κ2) is 10.9. The standard InChI is InChI=1S/C26H24O7/c1-29-19-12-9-17(10-13-19)11-14-21(27)20-7-5-6-8-22(20)33-26(28)18-15-23(30-2)25(32-4)24(16-18)31-3/h5-16H,1-4H3/b14-11+. The van der Waals surface area contributed by atoms with Crippen LogP contribution in [0, 0.1) is 0 Å². The topological polar surface area (TPSA) is 80.3 Å². The Labute approximate surface area is 192 Å². The Morgan fingerprint density at radius 3 is 1.94 bits per heavy atom. The van der Waals surface area contributed by atoms with Crippen molar-refractivity contribution in [2.45, 2.75) is 0 Å². The molecule has 170 valence electrons. The molecule has 3 aromatic rings. The fraction of sp³-hybridized carbons (Fsp3) is 0.154. The van der Waals surface area contributed by atoms with Gasteiger partial charge in [0.2, 0.25) is 5.75 Å². The summed E-state index contributed by atoms with van der Waals surface area (Å²) in [5.74, 6) is 0.873. The van der Waals surface area contributed by atoms with E-state index in [1.54, 1.807) is 49.6 Å². The molecule has 0 aliphatic heterocycles. The summed E-state index contributed by atoms with van der Waals surface area (Å²) >= 11 is 0. The van der Waals surface area contributed by atoms with Crippen molar-refractivity contribution >= 4 is 17.8 Å². The Hall–Kier alpha value is -4.26. The zero-order chi connectivity index (χ0) is 23.8. The highest BCUT2D eigenvalue weighted by molar-refractivity contribution is 6.09. The van der Waals surface area contributed by atoms with Crippen molar-refractivity contribution in [3.05, 3.63) is 83.4 Å². The average Bonchev–Trinajstić information content (AvgIpc) is 2.86. The van der Waals surface area contributed by atoms with E-state index >= 15 is 0 Å². The highest BCUT2D eigenvalue weighted by Gasteiger charge is 2.20. The molecule has 0 atom stereocenters. The summed E-state index contributed by atoms with van der Waals surface area (Å²) in [6, 6.07) is 16.8. The monoisotopic (exact) mass is 448 g/mol. The summed E-state index contributed by atoms with van der Waals surface area (Å²) in [6.45, 7) is 0. The average molecular weight is 448 g/mol. The van der Waals surface area contributed by atoms with Gasteiger partial charge < -0.3 is 23.7 Å². The Balaban J connectivity index is 1.83. The number of ketones is 1. The van der Waals surface area contributed by atoms with E-state index in [0.717, 1.165) is 11.3 Å². The van der Waals surface area contributed by atoms with Crippen molar-refractivity contribution < 1.29 is 33.3 Å². The number of para-hydroxylation sites is 1. The number of allylic oxidation sites excluding steroid dienone is 1. The van der Waals surface area contributed by atoms with E-state index in [1.165, 1.54) is 39.5 Å². The molecule has 0 aromatic heterocycles. The number of ether oxygens (including phenoxy) is 5. The third-order valence-electron chi connectivity index (χ3n) is 4.80. The smallest absolute Gasteiger partial charge is 0.343 e. The molecule has 0 aliphatic carbocycles. The van der Waals surface area contributed by atoms with Crippen LogP contribution in [0.3, 0.4) is 0 Å². The van der Waals surface area contributed by atoms with Crippen LogP contribution in [0.1, 0.15) is 26.3 Å². The summed E-state index contributed by atoms with van der Waals surface area (Å²) in [6.07, 6.45) is 3.10. The molecule has 0 saturated heterocycles. The summed E-state index contributed by atoms with van der Waals surface area (Å²) in [7, 11) is 5.97. The van der Waals surface area contributed by atoms with Crippen LogP contribution in [0.4, 0.5) is 0 Å². The first kappa shape index (κ1) is 23.4. The summed E-state index contributed by atoms with van der Waals surface area (Å²) in [5.41, 5.74) is 1.26.